The molecule has 0 aromatic heterocycles. The summed E-state index contributed by atoms with van der Waals surface area (Å²) in [5, 5.41) is 17.3. The minimum absolute atomic E-state index is 0.103. The SMILES string of the molecule is O=C(C[C@@H]1Nc2ccccc2NC1=O)Nc1ccccc1NC(=O)C[C@@H]1Nc2ccccc2NC1=O. The van der Waals surface area contributed by atoms with E-state index in [0.717, 1.165) is 11.4 Å². The van der Waals surface area contributed by atoms with E-state index in [4.69, 9.17) is 0 Å². The highest BCUT2D eigenvalue weighted by Crippen LogP contribution is 2.29. The van der Waals surface area contributed by atoms with Gasteiger partial charge in [-0.25, -0.2) is 0 Å². The van der Waals surface area contributed by atoms with Crippen molar-refractivity contribution in [3.63, 3.8) is 0 Å². The first-order valence-electron chi connectivity index (χ1n) is 11.5. The van der Waals surface area contributed by atoms with Crippen LogP contribution in [0.25, 0.3) is 0 Å². The standard InChI is InChI=1S/C26H24N6O4/c33-23(13-21-25(35)31-19-11-5-1-7-15(19)27-21)29-17-9-3-4-10-18(17)30-24(34)14-22-26(36)32-20-12-6-2-8-16(20)28-22/h1-12,21-22,27-28H,13-14H2,(H,29,33)(H,30,34)(H,31,35)(H,32,36)/t21-,22-/m0/s1. The van der Waals surface area contributed by atoms with Gasteiger partial charge in [-0.3, -0.25) is 19.2 Å². The Morgan fingerprint density at radius 1 is 0.583 bits per heavy atom. The highest BCUT2D eigenvalue weighted by atomic mass is 16.2. The molecule has 10 nitrogen and oxygen atoms in total. The zero-order chi connectivity index (χ0) is 25.1. The second-order valence-electron chi connectivity index (χ2n) is 8.51. The molecule has 0 unspecified atom stereocenters. The van der Waals surface area contributed by atoms with E-state index in [-0.39, 0.29) is 24.7 Å². The fraction of sp³-hybridized carbons (Fsp3) is 0.154. The highest BCUT2D eigenvalue weighted by molar-refractivity contribution is 6.08. The van der Waals surface area contributed by atoms with Crippen molar-refractivity contribution in [3.8, 4) is 0 Å². The molecule has 0 aliphatic carbocycles. The molecule has 36 heavy (non-hydrogen) atoms. The van der Waals surface area contributed by atoms with E-state index in [2.05, 4.69) is 31.9 Å². The number of para-hydroxylation sites is 6. The van der Waals surface area contributed by atoms with Gasteiger partial charge in [-0.2, -0.15) is 0 Å². The normalized spacial score (nSPS) is 17.8. The lowest BCUT2D eigenvalue weighted by Gasteiger charge is -2.27. The van der Waals surface area contributed by atoms with Crippen LogP contribution < -0.4 is 31.9 Å². The fourth-order valence-corrected chi connectivity index (χ4v) is 4.14. The molecular weight excluding hydrogens is 460 g/mol. The average molecular weight is 485 g/mol. The second-order valence-corrected chi connectivity index (χ2v) is 8.51. The van der Waals surface area contributed by atoms with Crippen LogP contribution in [0.3, 0.4) is 0 Å². The number of carbonyl (C=O) groups is 4. The minimum atomic E-state index is -0.736. The summed E-state index contributed by atoms with van der Waals surface area (Å²) in [6, 6.07) is 19.8. The molecule has 2 heterocycles. The van der Waals surface area contributed by atoms with Crippen molar-refractivity contribution in [1.29, 1.82) is 0 Å². The maximum absolute atomic E-state index is 12.7. The Hall–Kier alpha value is -4.86. The van der Waals surface area contributed by atoms with Gasteiger partial charge in [0, 0.05) is 0 Å². The number of fused-ring (bicyclic) bond motifs is 2. The Morgan fingerprint density at radius 2 is 0.944 bits per heavy atom. The number of rotatable bonds is 6. The molecule has 0 bridgehead atoms. The molecule has 0 saturated carbocycles. The molecule has 3 aromatic carbocycles. The van der Waals surface area contributed by atoms with Crippen molar-refractivity contribution in [3.05, 3.63) is 72.8 Å². The zero-order valence-corrected chi connectivity index (χ0v) is 19.1. The van der Waals surface area contributed by atoms with Gasteiger partial charge in [-0.15, -0.1) is 0 Å². The molecule has 0 fully saturated rings. The number of amides is 4. The summed E-state index contributed by atoms with van der Waals surface area (Å²) in [7, 11) is 0. The van der Waals surface area contributed by atoms with E-state index in [0.29, 0.717) is 22.7 Å². The molecule has 3 aromatic rings. The number of hydrogen-bond acceptors (Lipinski definition) is 6. The first-order valence-corrected chi connectivity index (χ1v) is 11.5. The van der Waals surface area contributed by atoms with E-state index in [9.17, 15) is 19.2 Å². The van der Waals surface area contributed by atoms with Crippen LogP contribution in [0.2, 0.25) is 0 Å². The predicted octanol–water partition coefficient (Wildman–Crippen LogP) is 3.21. The van der Waals surface area contributed by atoms with Gasteiger partial charge in [-0.05, 0) is 36.4 Å². The summed E-state index contributed by atoms with van der Waals surface area (Å²) in [6.45, 7) is 0. The lowest BCUT2D eigenvalue weighted by molar-refractivity contribution is -0.122. The van der Waals surface area contributed by atoms with Gasteiger partial charge in [0.05, 0.1) is 47.0 Å². The molecule has 0 saturated heterocycles. The number of benzene rings is 3. The van der Waals surface area contributed by atoms with Crippen LogP contribution in [0.5, 0.6) is 0 Å². The molecule has 4 amide bonds. The first-order chi connectivity index (χ1) is 17.5. The van der Waals surface area contributed by atoms with Crippen molar-refractivity contribution < 1.29 is 19.2 Å². The summed E-state index contributed by atoms with van der Waals surface area (Å²) >= 11 is 0. The zero-order valence-electron chi connectivity index (χ0n) is 19.1. The van der Waals surface area contributed by atoms with Crippen molar-refractivity contribution in [1.82, 2.24) is 0 Å². The molecule has 2 aliphatic rings. The molecular formula is C26H24N6O4. The third kappa shape index (κ3) is 4.97. The van der Waals surface area contributed by atoms with Gasteiger partial charge < -0.3 is 31.9 Å². The van der Waals surface area contributed by atoms with Crippen LogP contribution in [-0.4, -0.2) is 35.7 Å². The largest absolute Gasteiger partial charge is 0.372 e. The molecule has 6 N–H and O–H groups in total. The molecule has 2 atom stereocenters. The van der Waals surface area contributed by atoms with E-state index >= 15 is 0 Å². The van der Waals surface area contributed by atoms with Gasteiger partial charge >= 0.3 is 0 Å². The Morgan fingerprint density at radius 3 is 1.36 bits per heavy atom. The molecule has 0 spiro atoms. The number of anilines is 6. The predicted molar refractivity (Wildman–Crippen MR) is 138 cm³/mol. The maximum Gasteiger partial charge on any atom is 0.247 e. The van der Waals surface area contributed by atoms with E-state index in [1.165, 1.54) is 0 Å². The van der Waals surface area contributed by atoms with Gasteiger partial charge in [0.15, 0.2) is 0 Å². The monoisotopic (exact) mass is 484 g/mol. The summed E-state index contributed by atoms with van der Waals surface area (Å²) in [5.41, 5.74) is 3.59. The second kappa shape index (κ2) is 9.79. The molecule has 182 valence electrons. The lowest BCUT2D eigenvalue weighted by atomic mass is 10.1. The van der Waals surface area contributed by atoms with Crippen LogP contribution >= 0.6 is 0 Å². The minimum Gasteiger partial charge on any atom is -0.372 e. The quantitative estimate of drug-likeness (QED) is 0.317. The summed E-state index contributed by atoms with van der Waals surface area (Å²) in [5.74, 6) is -1.39. The molecule has 5 rings (SSSR count). The maximum atomic E-state index is 12.7. The Bertz CT molecular complexity index is 1260. The summed E-state index contributed by atoms with van der Waals surface area (Å²) in [6.07, 6.45) is -0.206. The van der Waals surface area contributed by atoms with Crippen molar-refractivity contribution >= 4 is 57.8 Å². The van der Waals surface area contributed by atoms with E-state index in [1.54, 1.807) is 36.4 Å². The molecule has 0 radical (unpaired) electrons. The highest BCUT2D eigenvalue weighted by Gasteiger charge is 2.29. The first kappa shape index (κ1) is 22.9. The third-order valence-corrected chi connectivity index (χ3v) is 5.92. The molecule has 2 aliphatic heterocycles. The van der Waals surface area contributed by atoms with E-state index in [1.807, 2.05) is 36.4 Å². The van der Waals surface area contributed by atoms with Crippen LogP contribution in [0.15, 0.2) is 72.8 Å². The Kier molecular flexibility index (Phi) is 6.23. The number of hydrogen-bond donors (Lipinski definition) is 6. The molecule has 10 heteroatoms. The van der Waals surface area contributed by atoms with Crippen LogP contribution in [0.4, 0.5) is 34.1 Å². The Labute approximate surface area is 206 Å². The third-order valence-electron chi connectivity index (χ3n) is 5.92. The summed E-state index contributed by atoms with van der Waals surface area (Å²) < 4.78 is 0. The van der Waals surface area contributed by atoms with Gasteiger partial charge in [0.1, 0.15) is 12.1 Å². The topological polar surface area (TPSA) is 140 Å². The Balaban J connectivity index is 1.20. The van der Waals surface area contributed by atoms with Crippen LogP contribution in [-0.2, 0) is 19.2 Å². The lowest BCUT2D eigenvalue weighted by Crippen LogP contribution is -2.41. The fourth-order valence-electron chi connectivity index (χ4n) is 4.14. The average Bonchev–Trinajstić information content (AvgIpc) is 2.86. The van der Waals surface area contributed by atoms with Gasteiger partial charge in [-0.1, -0.05) is 36.4 Å². The van der Waals surface area contributed by atoms with Crippen molar-refractivity contribution in [2.75, 3.05) is 31.9 Å². The summed E-state index contributed by atoms with van der Waals surface area (Å²) in [4.78, 5) is 50.3. The van der Waals surface area contributed by atoms with Crippen molar-refractivity contribution in [2.45, 2.75) is 24.9 Å². The van der Waals surface area contributed by atoms with E-state index < -0.39 is 23.9 Å². The van der Waals surface area contributed by atoms with Gasteiger partial charge in [0.25, 0.3) is 0 Å². The van der Waals surface area contributed by atoms with Crippen molar-refractivity contribution in [2.24, 2.45) is 0 Å². The van der Waals surface area contributed by atoms with Gasteiger partial charge in [0.2, 0.25) is 23.6 Å². The number of nitrogens with one attached hydrogen (secondary N) is 6. The smallest absolute Gasteiger partial charge is 0.247 e. The van der Waals surface area contributed by atoms with Crippen LogP contribution in [0.1, 0.15) is 12.8 Å². The van der Waals surface area contributed by atoms with Crippen LogP contribution in [0, 0.1) is 0 Å². The number of carbonyl (C=O) groups excluding carboxylic acids is 4.